The van der Waals surface area contributed by atoms with Crippen molar-refractivity contribution >= 4 is 5.91 Å². The second-order valence-corrected chi connectivity index (χ2v) is 3.30. The number of benzene rings is 1. The Labute approximate surface area is 89.9 Å². The zero-order valence-corrected chi connectivity index (χ0v) is 8.43. The third kappa shape index (κ3) is 2.73. The van der Waals surface area contributed by atoms with Gasteiger partial charge in [-0.05, 0) is 6.92 Å². The van der Waals surface area contributed by atoms with Crippen molar-refractivity contribution in [3.63, 3.8) is 0 Å². The van der Waals surface area contributed by atoms with Crippen molar-refractivity contribution in [3.05, 3.63) is 35.1 Å². The number of amides is 1. The fraction of sp³-hybridized carbons (Fsp3) is 0.300. The Morgan fingerprint density at radius 1 is 1.38 bits per heavy atom. The Kier molecular flexibility index (Phi) is 3.89. The van der Waals surface area contributed by atoms with E-state index in [1.165, 1.54) is 6.92 Å². The molecular formula is C10H10F3NO2. The number of aliphatic hydroxyl groups excluding tert-OH is 1. The van der Waals surface area contributed by atoms with Gasteiger partial charge in [-0.2, -0.15) is 0 Å². The molecule has 0 aliphatic heterocycles. The van der Waals surface area contributed by atoms with Crippen LogP contribution in [0.15, 0.2) is 12.1 Å². The molecule has 2 N–H and O–H groups in total. The first kappa shape index (κ1) is 12.5. The van der Waals surface area contributed by atoms with Gasteiger partial charge in [0, 0.05) is 18.2 Å². The van der Waals surface area contributed by atoms with Crippen molar-refractivity contribution in [2.75, 3.05) is 6.61 Å². The van der Waals surface area contributed by atoms with Gasteiger partial charge in [0.25, 0.3) is 5.91 Å². The molecule has 88 valence electrons. The molecule has 0 fully saturated rings. The Bertz CT molecular complexity index is 386. The molecule has 0 radical (unpaired) electrons. The summed E-state index contributed by atoms with van der Waals surface area (Å²) < 4.78 is 38.8. The monoisotopic (exact) mass is 233 g/mol. The van der Waals surface area contributed by atoms with Crippen LogP contribution in [0.4, 0.5) is 13.2 Å². The molecule has 1 unspecified atom stereocenters. The fourth-order valence-electron chi connectivity index (χ4n) is 1.10. The summed E-state index contributed by atoms with van der Waals surface area (Å²) in [5.74, 6) is -4.68. The highest BCUT2D eigenvalue weighted by Gasteiger charge is 2.19. The van der Waals surface area contributed by atoms with Crippen LogP contribution >= 0.6 is 0 Å². The molecule has 0 saturated carbocycles. The van der Waals surface area contributed by atoms with Gasteiger partial charge in [-0.1, -0.05) is 0 Å². The second-order valence-electron chi connectivity index (χ2n) is 3.30. The summed E-state index contributed by atoms with van der Waals surface area (Å²) >= 11 is 0. The zero-order valence-electron chi connectivity index (χ0n) is 8.43. The van der Waals surface area contributed by atoms with Crippen molar-refractivity contribution < 1.29 is 23.1 Å². The van der Waals surface area contributed by atoms with Gasteiger partial charge in [-0.25, -0.2) is 13.2 Å². The number of hydrogen-bond acceptors (Lipinski definition) is 2. The third-order valence-electron chi connectivity index (χ3n) is 1.89. The molecule has 0 aliphatic rings. The number of halogens is 3. The molecular weight excluding hydrogens is 223 g/mol. The fourth-order valence-corrected chi connectivity index (χ4v) is 1.10. The topological polar surface area (TPSA) is 49.3 Å². The van der Waals surface area contributed by atoms with E-state index in [0.717, 1.165) is 0 Å². The minimum absolute atomic E-state index is 0.365. The predicted octanol–water partition coefficient (Wildman–Crippen LogP) is 1.21. The van der Waals surface area contributed by atoms with Crippen LogP contribution in [0.1, 0.15) is 17.3 Å². The van der Waals surface area contributed by atoms with E-state index in [-0.39, 0.29) is 6.61 Å². The number of carbonyl (C=O) groups excluding carboxylic acids is 1. The molecule has 3 nitrogen and oxygen atoms in total. The zero-order chi connectivity index (χ0) is 12.3. The first-order valence-corrected chi connectivity index (χ1v) is 4.52. The SMILES string of the molecule is CC(CO)NC(=O)c1c(F)cc(F)cc1F. The van der Waals surface area contributed by atoms with Crippen LogP contribution in [0.3, 0.4) is 0 Å². The predicted molar refractivity (Wildman–Crippen MR) is 50.3 cm³/mol. The number of hydrogen-bond donors (Lipinski definition) is 2. The number of nitrogens with one attached hydrogen (secondary N) is 1. The molecule has 0 aromatic heterocycles. The summed E-state index contributed by atoms with van der Waals surface area (Å²) in [6.07, 6.45) is 0. The molecule has 1 aromatic carbocycles. The molecule has 1 aromatic rings. The van der Waals surface area contributed by atoms with Gasteiger partial charge in [-0.15, -0.1) is 0 Å². The smallest absolute Gasteiger partial charge is 0.257 e. The summed E-state index contributed by atoms with van der Waals surface area (Å²) in [4.78, 5) is 11.3. The van der Waals surface area contributed by atoms with Crippen LogP contribution < -0.4 is 5.32 Å². The summed E-state index contributed by atoms with van der Waals surface area (Å²) in [5, 5.41) is 10.8. The van der Waals surface area contributed by atoms with Crippen molar-refractivity contribution in [2.24, 2.45) is 0 Å². The molecule has 1 rings (SSSR count). The second kappa shape index (κ2) is 4.98. The van der Waals surface area contributed by atoms with Crippen molar-refractivity contribution in [1.82, 2.24) is 5.32 Å². The molecule has 0 spiro atoms. The number of rotatable bonds is 3. The van der Waals surface area contributed by atoms with Gasteiger partial charge >= 0.3 is 0 Å². The van der Waals surface area contributed by atoms with Gasteiger partial charge in [0.05, 0.1) is 6.61 Å². The lowest BCUT2D eigenvalue weighted by Crippen LogP contribution is -2.36. The summed E-state index contributed by atoms with van der Waals surface area (Å²) in [6, 6.07) is 0.194. The molecule has 0 aliphatic carbocycles. The number of aliphatic hydroxyl groups is 1. The highest BCUT2D eigenvalue weighted by Crippen LogP contribution is 2.14. The maximum atomic E-state index is 13.1. The van der Waals surface area contributed by atoms with Crippen LogP contribution in [-0.2, 0) is 0 Å². The van der Waals surface area contributed by atoms with Crippen LogP contribution in [0.5, 0.6) is 0 Å². The first-order chi connectivity index (χ1) is 7.45. The van der Waals surface area contributed by atoms with E-state index in [0.29, 0.717) is 12.1 Å². The molecule has 1 atom stereocenters. The van der Waals surface area contributed by atoms with Gasteiger partial charge in [0.1, 0.15) is 23.0 Å². The van der Waals surface area contributed by atoms with Gasteiger partial charge < -0.3 is 10.4 Å². The van der Waals surface area contributed by atoms with Crippen molar-refractivity contribution in [3.8, 4) is 0 Å². The van der Waals surface area contributed by atoms with Crippen LogP contribution in [0.25, 0.3) is 0 Å². The highest BCUT2D eigenvalue weighted by molar-refractivity contribution is 5.94. The minimum atomic E-state index is -1.28. The van der Waals surface area contributed by atoms with E-state index >= 15 is 0 Å². The van der Waals surface area contributed by atoms with E-state index in [2.05, 4.69) is 5.32 Å². The van der Waals surface area contributed by atoms with Crippen LogP contribution in [-0.4, -0.2) is 23.7 Å². The lowest BCUT2D eigenvalue weighted by molar-refractivity contribution is 0.0913. The molecule has 0 heterocycles. The molecule has 0 bridgehead atoms. The molecule has 6 heteroatoms. The molecule has 1 amide bonds. The number of carbonyl (C=O) groups is 1. The minimum Gasteiger partial charge on any atom is -0.394 e. The summed E-state index contributed by atoms with van der Waals surface area (Å²) in [7, 11) is 0. The van der Waals surface area contributed by atoms with Crippen molar-refractivity contribution in [2.45, 2.75) is 13.0 Å². The summed E-state index contributed by atoms with van der Waals surface area (Å²) in [5.41, 5.74) is -0.860. The quantitative estimate of drug-likeness (QED) is 0.824. The Morgan fingerprint density at radius 2 is 1.88 bits per heavy atom. The Hall–Kier alpha value is -1.56. The van der Waals surface area contributed by atoms with Gasteiger partial charge in [-0.3, -0.25) is 4.79 Å². The van der Waals surface area contributed by atoms with Crippen LogP contribution in [0.2, 0.25) is 0 Å². The van der Waals surface area contributed by atoms with Crippen molar-refractivity contribution in [1.29, 1.82) is 0 Å². The molecule has 0 saturated heterocycles. The lowest BCUT2D eigenvalue weighted by atomic mass is 10.1. The Morgan fingerprint density at radius 3 is 2.31 bits per heavy atom. The Balaban J connectivity index is 3.00. The van der Waals surface area contributed by atoms with Gasteiger partial charge in [0.15, 0.2) is 0 Å². The summed E-state index contributed by atoms with van der Waals surface area (Å²) in [6.45, 7) is 1.09. The van der Waals surface area contributed by atoms with E-state index in [1.54, 1.807) is 0 Å². The van der Waals surface area contributed by atoms with E-state index in [1.807, 2.05) is 0 Å². The maximum absolute atomic E-state index is 13.1. The highest BCUT2D eigenvalue weighted by atomic mass is 19.1. The van der Waals surface area contributed by atoms with E-state index in [4.69, 9.17) is 5.11 Å². The van der Waals surface area contributed by atoms with E-state index < -0.39 is 35.0 Å². The largest absolute Gasteiger partial charge is 0.394 e. The van der Waals surface area contributed by atoms with E-state index in [9.17, 15) is 18.0 Å². The average molecular weight is 233 g/mol. The lowest BCUT2D eigenvalue weighted by Gasteiger charge is -2.11. The van der Waals surface area contributed by atoms with Gasteiger partial charge in [0.2, 0.25) is 0 Å². The third-order valence-corrected chi connectivity index (χ3v) is 1.89. The van der Waals surface area contributed by atoms with Crippen LogP contribution in [0, 0.1) is 17.5 Å². The first-order valence-electron chi connectivity index (χ1n) is 4.52. The maximum Gasteiger partial charge on any atom is 0.257 e. The standard InChI is InChI=1S/C10H10F3NO2/c1-5(4-15)14-10(16)9-7(12)2-6(11)3-8(9)13/h2-3,5,15H,4H2,1H3,(H,14,16). The normalized spacial score (nSPS) is 12.3. The molecule has 16 heavy (non-hydrogen) atoms. The average Bonchev–Trinajstić information content (AvgIpc) is 2.15.